The van der Waals surface area contributed by atoms with Crippen molar-refractivity contribution in [2.24, 2.45) is 0 Å². The molecule has 0 bridgehead atoms. The summed E-state index contributed by atoms with van der Waals surface area (Å²) in [5.74, 6) is 5.29. The Labute approximate surface area is 145 Å². The van der Waals surface area contributed by atoms with Gasteiger partial charge in [0.05, 0.1) is 6.54 Å². The SMILES string of the molecule is CC.Cc1[c-]cc(C#CCN2C(=O)CCC2=O)nc1.[Y]. The molecule has 2 heterocycles. The summed E-state index contributed by atoms with van der Waals surface area (Å²) in [4.78, 5) is 27.8. The number of imide groups is 1. The van der Waals surface area contributed by atoms with Crippen LogP contribution in [0.3, 0.4) is 0 Å². The molecule has 1 aliphatic heterocycles. The van der Waals surface area contributed by atoms with Gasteiger partial charge in [-0.2, -0.15) is 6.07 Å². The van der Waals surface area contributed by atoms with E-state index in [4.69, 9.17) is 0 Å². The van der Waals surface area contributed by atoms with Crippen molar-refractivity contribution in [3.05, 3.63) is 29.6 Å². The second-order valence-electron chi connectivity index (χ2n) is 3.79. The van der Waals surface area contributed by atoms with E-state index in [2.05, 4.69) is 22.9 Å². The van der Waals surface area contributed by atoms with Gasteiger partial charge in [0.1, 0.15) is 0 Å². The first kappa shape index (κ1) is 19.0. The third kappa shape index (κ3) is 5.52. The van der Waals surface area contributed by atoms with E-state index in [0.29, 0.717) is 18.5 Å². The quantitative estimate of drug-likeness (QED) is 0.442. The number of aromatic nitrogens is 1. The zero-order valence-electron chi connectivity index (χ0n) is 12.1. The Balaban J connectivity index is 0.00000115. The number of hydrogen-bond donors (Lipinski definition) is 0. The van der Waals surface area contributed by atoms with Gasteiger partial charge in [-0.05, 0) is 5.69 Å². The minimum absolute atomic E-state index is 0. The molecule has 5 heteroatoms. The average molecular weight is 346 g/mol. The van der Waals surface area contributed by atoms with Crippen LogP contribution < -0.4 is 0 Å². The van der Waals surface area contributed by atoms with E-state index in [1.54, 1.807) is 12.3 Å². The Bertz CT molecular complexity index is 499. The number of aryl methyl sites for hydroxylation is 1. The number of amides is 2. The number of rotatable bonds is 1. The Kier molecular flexibility index (Phi) is 9.28. The molecular formula is C15H17N2O2Y-. The fraction of sp³-hybridized carbons (Fsp3) is 0.400. The van der Waals surface area contributed by atoms with Crippen molar-refractivity contribution in [1.29, 1.82) is 0 Å². The minimum atomic E-state index is -0.146. The molecule has 1 aromatic heterocycles. The van der Waals surface area contributed by atoms with Gasteiger partial charge in [-0.25, -0.2) is 0 Å². The number of pyridine rings is 1. The molecule has 0 aliphatic carbocycles. The zero-order chi connectivity index (χ0) is 14.3. The van der Waals surface area contributed by atoms with E-state index >= 15 is 0 Å². The van der Waals surface area contributed by atoms with E-state index in [0.717, 1.165) is 5.56 Å². The summed E-state index contributed by atoms with van der Waals surface area (Å²) in [6.45, 7) is 6.04. The molecular weight excluding hydrogens is 329 g/mol. The maximum absolute atomic E-state index is 11.3. The molecule has 4 nitrogen and oxygen atoms in total. The monoisotopic (exact) mass is 346 g/mol. The van der Waals surface area contributed by atoms with Gasteiger partial charge in [-0.1, -0.05) is 32.9 Å². The van der Waals surface area contributed by atoms with Crippen LogP contribution in [0.2, 0.25) is 0 Å². The third-order valence-electron chi connectivity index (χ3n) is 2.44. The Morgan fingerprint density at radius 3 is 2.40 bits per heavy atom. The molecule has 0 atom stereocenters. The number of likely N-dealkylation sites (tertiary alicyclic amines) is 1. The van der Waals surface area contributed by atoms with Gasteiger partial charge in [0, 0.05) is 45.6 Å². The predicted octanol–water partition coefficient (Wildman–Crippen LogP) is 1.71. The molecule has 1 fully saturated rings. The summed E-state index contributed by atoms with van der Waals surface area (Å²) in [6, 6.07) is 4.67. The van der Waals surface area contributed by atoms with Crippen molar-refractivity contribution in [3.63, 3.8) is 0 Å². The van der Waals surface area contributed by atoms with Gasteiger partial charge in [0.25, 0.3) is 0 Å². The number of nitrogens with zero attached hydrogens (tertiary/aromatic N) is 2. The maximum atomic E-state index is 11.3. The minimum Gasteiger partial charge on any atom is -0.375 e. The fourth-order valence-electron chi connectivity index (χ4n) is 1.50. The topological polar surface area (TPSA) is 50.3 Å². The summed E-state index contributed by atoms with van der Waals surface area (Å²) in [5.41, 5.74) is 1.54. The number of carbonyl (C=O) groups excluding carboxylic acids is 2. The van der Waals surface area contributed by atoms with Crippen LogP contribution in [0, 0.1) is 24.8 Å². The van der Waals surface area contributed by atoms with E-state index in [1.807, 2.05) is 20.8 Å². The molecule has 20 heavy (non-hydrogen) atoms. The van der Waals surface area contributed by atoms with Crippen molar-refractivity contribution in [3.8, 4) is 11.8 Å². The van der Waals surface area contributed by atoms with Crippen molar-refractivity contribution < 1.29 is 42.3 Å². The van der Waals surface area contributed by atoms with Crippen LogP contribution in [0.1, 0.15) is 37.9 Å². The first-order chi connectivity index (χ1) is 9.16. The van der Waals surface area contributed by atoms with E-state index in [-0.39, 0.29) is 51.1 Å². The molecule has 0 unspecified atom stereocenters. The van der Waals surface area contributed by atoms with Crippen LogP contribution >= 0.6 is 0 Å². The normalized spacial score (nSPS) is 12.8. The Morgan fingerprint density at radius 2 is 1.90 bits per heavy atom. The van der Waals surface area contributed by atoms with Gasteiger partial charge >= 0.3 is 0 Å². The molecule has 1 radical (unpaired) electrons. The average Bonchev–Trinajstić information content (AvgIpc) is 2.75. The summed E-state index contributed by atoms with van der Waals surface area (Å²) in [7, 11) is 0. The van der Waals surface area contributed by atoms with Crippen LogP contribution in [-0.2, 0) is 42.3 Å². The molecule has 1 aliphatic rings. The van der Waals surface area contributed by atoms with Crippen LogP contribution in [0.15, 0.2) is 12.3 Å². The second-order valence-corrected chi connectivity index (χ2v) is 3.79. The van der Waals surface area contributed by atoms with Gasteiger partial charge in [0.15, 0.2) is 0 Å². The van der Waals surface area contributed by atoms with Crippen LogP contribution in [-0.4, -0.2) is 28.2 Å². The van der Waals surface area contributed by atoms with Gasteiger partial charge in [-0.3, -0.25) is 14.5 Å². The molecule has 2 amide bonds. The van der Waals surface area contributed by atoms with Gasteiger partial charge in [0.2, 0.25) is 11.8 Å². The molecule has 0 N–H and O–H groups in total. The van der Waals surface area contributed by atoms with Gasteiger partial charge in [-0.15, -0.1) is 17.6 Å². The van der Waals surface area contributed by atoms with E-state index in [1.165, 1.54) is 4.90 Å². The fourth-order valence-corrected chi connectivity index (χ4v) is 1.50. The second kappa shape index (κ2) is 9.79. The van der Waals surface area contributed by atoms with Crippen molar-refractivity contribution in [2.75, 3.05) is 6.54 Å². The van der Waals surface area contributed by atoms with E-state index < -0.39 is 0 Å². The summed E-state index contributed by atoms with van der Waals surface area (Å²) < 4.78 is 0. The first-order valence-corrected chi connectivity index (χ1v) is 6.33. The van der Waals surface area contributed by atoms with Crippen molar-refractivity contribution in [1.82, 2.24) is 9.88 Å². The smallest absolute Gasteiger partial charge is 0.230 e. The molecule has 1 saturated heterocycles. The van der Waals surface area contributed by atoms with Crippen LogP contribution in [0.5, 0.6) is 0 Å². The third-order valence-corrected chi connectivity index (χ3v) is 2.44. The number of hydrogen-bond acceptors (Lipinski definition) is 3. The largest absolute Gasteiger partial charge is 0.375 e. The molecule has 0 aromatic carbocycles. The Morgan fingerprint density at radius 1 is 1.30 bits per heavy atom. The van der Waals surface area contributed by atoms with Gasteiger partial charge < -0.3 is 4.98 Å². The standard InChI is InChI=1S/C13H11N2O2.C2H6.Y/c1-10-4-5-11(14-9-10)3-2-8-15-12(16)6-7-13(15)17;1-2;/h5,9H,6-8H2,1H3;1-2H3;/q-1;;. The first-order valence-electron chi connectivity index (χ1n) is 6.33. The number of carbonyl (C=O) groups is 2. The summed E-state index contributed by atoms with van der Waals surface area (Å²) >= 11 is 0. The van der Waals surface area contributed by atoms with Crippen molar-refractivity contribution >= 4 is 11.8 Å². The molecule has 1 aromatic rings. The molecule has 103 valence electrons. The van der Waals surface area contributed by atoms with E-state index in [9.17, 15) is 9.59 Å². The van der Waals surface area contributed by atoms with Crippen LogP contribution in [0.4, 0.5) is 0 Å². The molecule has 0 saturated carbocycles. The summed E-state index contributed by atoms with van der Waals surface area (Å²) in [5, 5.41) is 0. The van der Waals surface area contributed by atoms with Crippen LogP contribution in [0.25, 0.3) is 0 Å². The molecule has 0 spiro atoms. The molecule has 2 rings (SSSR count). The van der Waals surface area contributed by atoms with Crippen molar-refractivity contribution in [2.45, 2.75) is 33.6 Å². The Hall–Kier alpha value is -1.05. The zero-order valence-corrected chi connectivity index (χ0v) is 14.9. The maximum Gasteiger partial charge on any atom is 0.230 e. The predicted molar refractivity (Wildman–Crippen MR) is 72.0 cm³/mol. The summed E-state index contributed by atoms with van der Waals surface area (Å²) in [6.07, 6.45) is 2.28.